The zero-order valence-electron chi connectivity index (χ0n) is 16.9. The van der Waals surface area contributed by atoms with Crippen LogP contribution in [-0.2, 0) is 17.9 Å². The van der Waals surface area contributed by atoms with E-state index in [-0.39, 0.29) is 24.1 Å². The number of aryl methyl sites for hydroxylation is 2. The van der Waals surface area contributed by atoms with Crippen molar-refractivity contribution >= 4 is 22.6 Å². The fourth-order valence-corrected chi connectivity index (χ4v) is 4.57. The van der Waals surface area contributed by atoms with E-state index in [1.165, 1.54) is 0 Å². The number of imidazole rings is 1. The fraction of sp³-hybridized carbons (Fsp3) is 0.364. The van der Waals surface area contributed by atoms with Crippen LogP contribution < -0.4 is 5.69 Å². The van der Waals surface area contributed by atoms with E-state index in [0.717, 1.165) is 35.3 Å². The van der Waals surface area contributed by atoms with Crippen LogP contribution in [0.25, 0.3) is 16.7 Å². The first kappa shape index (κ1) is 18.6. The molecule has 154 valence electrons. The number of rotatable bonds is 5. The number of benzene rings is 1. The molecule has 3 aromatic heterocycles. The van der Waals surface area contributed by atoms with Crippen LogP contribution in [0.4, 0.5) is 0 Å². The SMILES string of the molecule is CCn1c(=O)n(CCC(=O)N2CCCC2c2nnc3ccccn23)c2ccccc21. The van der Waals surface area contributed by atoms with Gasteiger partial charge in [-0.25, -0.2) is 4.79 Å². The second-order valence-electron chi connectivity index (χ2n) is 7.65. The van der Waals surface area contributed by atoms with Crippen molar-refractivity contribution in [3.8, 4) is 0 Å². The van der Waals surface area contributed by atoms with Crippen molar-refractivity contribution in [2.24, 2.45) is 0 Å². The van der Waals surface area contributed by atoms with Crippen molar-refractivity contribution in [1.82, 2.24) is 28.6 Å². The normalized spacial score (nSPS) is 16.7. The number of aromatic nitrogens is 5. The summed E-state index contributed by atoms with van der Waals surface area (Å²) in [7, 11) is 0. The smallest absolute Gasteiger partial charge is 0.329 e. The fourth-order valence-electron chi connectivity index (χ4n) is 4.57. The first-order valence-electron chi connectivity index (χ1n) is 10.5. The van der Waals surface area contributed by atoms with Crippen LogP contribution in [0.5, 0.6) is 0 Å². The van der Waals surface area contributed by atoms with Crippen LogP contribution in [0.15, 0.2) is 53.5 Å². The molecule has 1 aromatic carbocycles. The quantitative estimate of drug-likeness (QED) is 0.512. The number of fused-ring (bicyclic) bond motifs is 2. The minimum Gasteiger partial charge on any atom is -0.332 e. The average molecular weight is 404 g/mol. The van der Waals surface area contributed by atoms with Gasteiger partial charge >= 0.3 is 5.69 Å². The Labute approximate surface area is 173 Å². The number of pyridine rings is 1. The molecule has 0 bridgehead atoms. The molecule has 0 radical (unpaired) electrons. The Balaban J connectivity index is 1.39. The third-order valence-corrected chi connectivity index (χ3v) is 6.00. The zero-order chi connectivity index (χ0) is 20.7. The van der Waals surface area contributed by atoms with Crippen molar-refractivity contribution < 1.29 is 4.79 Å². The van der Waals surface area contributed by atoms with E-state index in [0.29, 0.717) is 19.6 Å². The lowest BCUT2D eigenvalue weighted by Crippen LogP contribution is -2.33. The van der Waals surface area contributed by atoms with Crippen LogP contribution in [0.1, 0.15) is 38.1 Å². The highest BCUT2D eigenvalue weighted by Crippen LogP contribution is 2.31. The van der Waals surface area contributed by atoms with Crippen molar-refractivity contribution in [2.45, 2.75) is 45.3 Å². The largest absolute Gasteiger partial charge is 0.332 e. The molecule has 0 aliphatic carbocycles. The lowest BCUT2D eigenvalue weighted by molar-refractivity contribution is -0.132. The van der Waals surface area contributed by atoms with Crippen LogP contribution in [0, 0.1) is 0 Å². The summed E-state index contributed by atoms with van der Waals surface area (Å²) in [5.74, 6) is 0.849. The standard InChI is InChI=1S/C22H24N6O2/c1-2-25-16-8-3-4-9-17(16)27(22(25)30)15-12-20(29)26-14-7-10-18(26)21-24-23-19-11-5-6-13-28(19)21/h3-6,8-9,11,13,18H,2,7,10,12,14-15H2,1H3. The van der Waals surface area contributed by atoms with E-state index in [9.17, 15) is 9.59 Å². The van der Waals surface area contributed by atoms with Crippen molar-refractivity contribution in [3.05, 3.63) is 65.0 Å². The Bertz CT molecular complexity index is 1280. The van der Waals surface area contributed by atoms with Gasteiger partial charge in [-0.2, -0.15) is 0 Å². The maximum Gasteiger partial charge on any atom is 0.329 e. The molecular formula is C22H24N6O2. The number of carbonyl (C=O) groups excluding carboxylic acids is 1. The van der Waals surface area contributed by atoms with Gasteiger partial charge in [-0.3, -0.25) is 18.3 Å². The molecule has 30 heavy (non-hydrogen) atoms. The Morgan fingerprint density at radius 3 is 2.63 bits per heavy atom. The van der Waals surface area contributed by atoms with Gasteiger partial charge in [0.2, 0.25) is 5.91 Å². The molecule has 0 saturated carbocycles. The molecule has 1 saturated heterocycles. The van der Waals surface area contributed by atoms with E-state index in [4.69, 9.17) is 0 Å². The van der Waals surface area contributed by atoms with Gasteiger partial charge in [-0.05, 0) is 44.0 Å². The Hall–Kier alpha value is -3.42. The van der Waals surface area contributed by atoms with Gasteiger partial charge < -0.3 is 4.90 Å². The minimum atomic E-state index is -0.0800. The summed E-state index contributed by atoms with van der Waals surface area (Å²) in [6.07, 6.45) is 4.03. The second-order valence-corrected chi connectivity index (χ2v) is 7.65. The molecule has 1 aliphatic rings. The lowest BCUT2D eigenvalue weighted by atomic mass is 10.2. The minimum absolute atomic E-state index is 0.0467. The first-order chi connectivity index (χ1) is 14.7. The van der Waals surface area contributed by atoms with Gasteiger partial charge in [0.05, 0.1) is 17.1 Å². The van der Waals surface area contributed by atoms with Crippen molar-refractivity contribution in [2.75, 3.05) is 6.54 Å². The average Bonchev–Trinajstić information content (AvgIpc) is 3.47. The van der Waals surface area contributed by atoms with E-state index in [1.807, 2.05) is 64.9 Å². The molecular weight excluding hydrogens is 380 g/mol. The van der Waals surface area contributed by atoms with Crippen LogP contribution in [0.3, 0.4) is 0 Å². The predicted octanol–water partition coefficient (Wildman–Crippen LogP) is 2.62. The number of amides is 1. The van der Waals surface area contributed by atoms with E-state index in [1.54, 1.807) is 9.13 Å². The number of likely N-dealkylation sites (tertiary alicyclic amines) is 1. The summed E-state index contributed by atoms with van der Waals surface area (Å²) in [6.45, 7) is 3.64. The molecule has 4 heterocycles. The summed E-state index contributed by atoms with van der Waals surface area (Å²) >= 11 is 0. The van der Waals surface area contributed by atoms with Gasteiger partial charge in [-0.15, -0.1) is 10.2 Å². The Morgan fingerprint density at radius 1 is 1.07 bits per heavy atom. The molecule has 1 unspecified atom stereocenters. The maximum absolute atomic E-state index is 13.1. The Morgan fingerprint density at radius 2 is 1.83 bits per heavy atom. The topological polar surface area (TPSA) is 77.4 Å². The highest BCUT2D eigenvalue weighted by Gasteiger charge is 2.33. The summed E-state index contributed by atoms with van der Waals surface area (Å²) < 4.78 is 5.42. The third-order valence-electron chi connectivity index (χ3n) is 6.00. The third kappa shape index (κ3) is 2.91. The highest BCUT2D eigenvalue weighted by molar-refractivity contribution is 5.78. The molecule has 8 nitrogen and oxygen atoms in total. The highest BCUT2D eigenvalue weighted by atomic mass is 16.2. The maximum atomic E-state index is 13.1. The van der Waals surface area contributed by atoms with Gasteiger partial charge in [0, 0.05) is 32.3 Å². The Kier molecular flexibility index (Phi) is 4.61. The van der Waals surface area contributed by atoms with E-state index >= 15 is 0 Å². The van der Waals surface area contributed by atoms with Gasteiger partial charge in [0.25, 0.3) is 0 Å². The zero-order valence-corrected chi connectivity index (χ0v) is 16.9. The van der Waals surface area contributed by atoms with Crippen LogP contribution in [0.2, 0.25) is 0 Å². The summed E-state index contributed by atoms with van der Waals surface area (Å²) in [6, 6.07) is 13.4. The lowest BCUT2D eigenvalue weighted by Gasteiger charge is -2.23. The molecule has 1 amide bonds. The van der Waals surface area contributed by atoms with Gasteiger partial charge in [0.1, 0.15) is 0 Å². The molecule has 0 spiro atoms. The summed E-state index contributed by atoms with van der Waals surface area (Å²) in [5.41, 5.74) is 2.50. The molecule has 0 N–H and O–H groups in total. The monoisotopic (exact) mass is 404 g/mol. The molecule has 1 atom stereocenters. The molecule has 5 rings (SSSR count). The van der Waals surface area contributed by atoms with Gasteiger partial charge in [0.15, 0.2) is 11.5 Å². The van der Waals surface area contributed by atoms with Gasteiger partial charge in [-0.1, -0.05) is 18.2 Å². The second kappa shape index (κ2) is 7.44. The predicted molar refractivity (Wildman–Crippen MR) is 113 cm³/mol. The van der Waals surface area contributed by atoms with E-state index in [2.05, 4.69) is 10.2 Å². The molecule has 4 aromatic rings. The van der Waals surface area contributed by atoms with Crippen molar-refractivity contribution in [3.63, 3.8) is 0 Å². The number of carbonyl (C=O) groups is 1. The first-order valence-corrected chi connectivity index (χ1v) is 10.5. The number of para-hydroxylation sites is 2. The summed E-state index contributed by atoms with van der Waals surface area (Å²) in [4.78, 5) is 27.9. The van der Waals surface area contributed by atoms with Crippen molar-refractivity contribution in [1.29, 1.82) is 0 Å². The molecule has 8 heteroatoms. The number of hydrogen-bond donors (Lipinski definition) is 0. The summed E-state index contributed by atoms with van der Waals surface area (Å²) in [5, 5.41) is 8.59. The molecule has 1 aliphatic heterocycles. The number of nitrogens with zero attached hydrogens (tertiary/aromatic N) is 6. The molecule has 1 fully saturated rings. The van der Waals surface area contributed by atoms with E-state index < -0.39 is 0 Å². The van der Waals surface area contributed by atoms with Crippen LogP contribution >= 0.6 is 0 Å². The van der Waals surface area contributed by atoms with Crippen LogP contribution in [-0.4, -0.2) is 41.1 Å². The number of hydrogen-bond acceptors (Lipinski definition) is 4.